The van der Waals surface area contributed by atoms with Crippen molar-refractivity contribution in [3.8, 4) is 0 Å². The van der Waals surface area contributed by atoms with Gasteiger partial charge in [0.15, 0.2) is 0 Å². The van der Waals surface area contributed by atoms with E-state index in [0.29, 0.717) is 0 Å². The molecule has 0 fully saturated rings. The van der Waals surface area contributed by atoms with E-state index < -0.39 is 0 Å². The minimum Gasteiger partial charge on any atom is -0.668 e. The van der Waals surface area contributed by atoms with Crippen LogP contribution < -0.4 is 0 Å². The van der Waals surface area contributed by atoms with Gasteiger partial charge in [-0.2, -0.15) is 40.3 Å². The molecule has 0 aromatic rings. The van der Waals surface area contributed by atoms with Gasteiger partial charge in [-0.1, -0.05) is 13.8 Å². The molecule has 0 saturated carbocycles. The smallest absolute Gasteiger partial charge is 0.668 e. The Morgan fingerprint density at radius 1 is 0.789 bits per heavy atom. The van der Waals surface area contributed by atoms with Crippen LogP contribution in [0.2, 0.25) is 0 Å². The molecule has 104 valence electrons. The van der Waals surface area contributed by atoms with E-state index >= 15 is 0 Å². The Hall–Kier alpha value is -0.237. The van der Waals surface area contributed by atoms with E-state index in [9.17, 15) is 0 Å². The second-order valence-electron chi connectivity index (χ2n) is 3.83. The van der Waals surface area contributed by atoms with Gasteiger partial charge in [0.05, 0.1) is 0 Å². The fourth-order valence-corrected chi connectivity index (χ4v) is 1.03. The van der Waals surface area contributed by atoms with Crippen molar-refractivity contribution in [3.05, 3.63) is 58.2 Å². The molecule has 0 heterocycles. The number of hydrogen-bond donors (Lipinski definition) is 0. The Balaban J connectivity index is -0.000000188. The summed E-state index contributed by atoms with van der Waals surface area (Å²) in [6.45, 7) is 4.12. The van der Waals surface area contributed by atoms with E-state index in [1.54, 1.807) is 28.2 Å². The second kappa shape index (κ2) is 20.1. The van der Waals surface area contributed by atoms with Gasteiger partial charge in [-0.15, -0.1) is 12.8 Å². The van der Waals surface area contributed by atoms with Crippen LogP contribution in [0.5, 0.6) is 0 Å². The van der Waals surface area contributed by atoms with Gasteiger partial charge in [-0.25, -0.2) is 23.3 Å². The number of allylic oxidation sites excluding steroid dienone is 8. The molecule has 0 aromatic heterocycles. The predicted octanol–water partition coefficient (Wildman–Crippen LogP) is 4.63. The van der Waals surface area contributed by atoms with Gasteiger partial charge in [-0.05, 0) is 0 Å². The molecule has 0 atom stereocenters. The van der Waals surface area contributed by atoms with Gasteiger partial charge in [0.2, 0.25) is 0 Å². The van der Waals surface area contributed by atoms with Crippen LogP contribution in [0.4, 0.5) is 0 Å². The van der Waals surface area contributed by atoms with Crippen molar-refractivity contribution >= 4 is 0 Å². The molecular weight excluding hydrogens is 311 g/mol. The van der Waals surface area contributed by atoms with E-state index in [4.69, 9.17) is 0 Å². The first-order chi connectivity index (χ1) is 8.62. The number of nitrogens with zero attached hydrogens (tertiary/aromatic N) is 2. The first-order valence-corrected chi connectivity index (χ1v) is 6.06. The summed E-state index contributed by atoms with van der Waals surface area (Å²) >= 11 is 0. The Bertz CT molecular complexity index is 254. The maximum atomic E-state index is 3.50. The molecule has 0 spiro atoms. The van der Waals surface area contributed by atoms with Gasteiger partial charge < -0.3 is 10.6 Å². The second-order valence-corrected chi connectivity index (χ2v) is 3.83. The van der Waals surface area contributed by atoms with Gasteiger partial charge in [0.1, 0.15) is 0 Å². The van der Waals surface area contributed by atoms with Crippen LogP contribution in [0.15, 0.2) is 35.5 Å². The summed E-state index contributed by atoms with van der Waals surface area (Å²) in [7, 11) is 7.00. The number of rotatable bonds is 0. The van der Waals surface area contributed by atoms with Crippen LogP contribution in [0.3, 0.4) is 0 Å². The van der Waals surface area contributed by atoms with Crippen molar-refractivity contribution < 1.29 is 26.2 Å². The Morgan fingerprint density at radius 2 is 1.05 bits per heavy atom. The average Bonchev–Trinajstić information content (AvgIpc) is 2.95. The molecule has 2 aliphatic rings. The van der Waals surface area contributed by atoms with Crippen LogP contribution in [0.25, 0.3) is 10.6 Å². The molecule has 2 aliphatic carbocycles. The van der Waals surface area contributed by atoms with Crippen molar-refractivity contribution in [3.63, 3.8) is 0 Å². The Morgan fingerprint density at radius 3 is 1.11 bits per heavy atom. The zero-order chi connectivity index (χ0) is 14.2. The SMILES string of the molecule is CC1=[C-]CC=C1.CC1=[C-]CC=C1.C[N-]C.C[N-]C.[Zr+4]. The van der Waals surface area contributed by atoms with Crippen LogP contribution in [-0.4, -0.2) is 28.2 Å². The summed E-state index contributed by atoms with van der Waals surface area (Å²) in [6, 6.07) is 0. The third-order valence-corrected chi connectivity index (χ3v) is 1.73. The quantitative estimate of drug-likeness (QED) is 0.577. The molecule has 19 heavy (non-hydrogen) atoms. The summed E-state index contributed by atoms with van der Waals surface area (Å²) in [6.07, 6.45) is 16.7. The van der Waals surface area contributed by atoms with Gasteiger partial charge in [-0.3, -0.25) is 12.2 Å². The summed E-state index contributed by atoms with van der Waals surface area (Å²) in [5.74, 6) is 0. The van der Waals surface area contributed by atoms with E-state index in [1.165, 1.54) is 11.1 Å². The van der Waals surface area contributed by atoms with Gasteiger partial charge in [0.25, 0.3) is 0 Å². The van der Waals surface area contributed by atoms with Crippen molar-refractivity contribution in [2.24, 2.45) is 0 Å². The third-order valence-electron chi connectivity index (χ3n) is 1.73. The first kappa shape index (κ1) is 23.8. The van der Waals surface area contributed by atoms with Crippen LogP contribution >= 0.6 is 0 Å². The third kappa shape index (κ3) is 23.3. The van der Waals surface area contributed by atoms with Crippen LogP contribution in [0.1, 0.15) is 26.7 Å². The average molecular weight is 338 g/mol. The van der Waals surface area contributed by atoms with Crippen molar-refractivity contribution in [1.82, 2.24) is 0 Å². The summed E-state index contributed by atoms with van der Waals surface area (Å²) in [5.41, 5.74) is 2.55. The largest absolute Gasteiger partial charge is 4.00 e. The monoisotopic (exact) mass is 336 g/mol. The molecule has 0 aliphatic heterocycles. The molecule has 0 N–H and O–H groups in total. The Labute approximate surface area is 139 Å². The molecule has 0 aromatic carbocycles. The fraction of sp³-hybridized carbons (Fsp3) is 0.500. The molecule has 3 heteroatoms. The molecule has 0 saturated heterocycles. The maximum Gasteiger partial charge on any atom is 4.00 e. The molecule has 2 rings (SSSR count). The zero-order valence-corrected chi connectivity index (χ0v) is 15.6. The summed E-state index contributed by atoms with van der Waals surface area (Å²) in [5, 5.41) is 7.00. The van der Waals surface area contributed by atoms with Crippen LogP contribution in [-0.2, 0) is 26.2 Å². The zero-order valence-electron chi connectivity index (χ0n) is 13.1. The van der Waals surface area contributed by atoms with Gasteiger partial charge >= 0.3 is 26.2 Å². The summed E-state index contributed by atoms with van der Waals surface area (Å²) in [4.78, 5) is 0. The van der Waals surface area contributed by atoms with E-state index in [1.807, 2.05) is 0 Å². The maximum absolute atomic E-state index is 3.50. The molecule has 0 bridgehead atoms. The topological polar surface area (TPSA) is 28.2 Å². The molecule has 0 radical (unpaired) electrons. The minimum atomic E-state index is 0. The van der Waals surface area contributed by atoms with Gasteiger partial charge in [0, 0.05) is 0 Å². The molecule has 0 amide bonds. The van der Waals surface area contributed by atoms with Crippen molar-refractivity contribution in [1.29, 1.82) is 0 Å². The predicted molar refractivity (Wildman–Crippen MR) is 82.8 cm³/mol. The van der Waals surface area contributed by atoms with E-state index in [0.717, 1.165) is 12.8 Å². The minimum absolute atomic E-state index is 0. The van der Waals surface area contributed by atoms with E-state index in [2.05, 4.69) is 60.9 Å². The summed E-state index contributed by atoms with van der Waals surface area (Å²) < 4.78 is 0. The molecular formula is C16H26N2Zr. The normalized spacial score (nSPS) is 13.6. The molecule has 2 nitrogen and oxygen atoms in total. The standard InChI is InChI=1S/2C6H7.2C2H6N.Zr/c2*1-6-4-2-3-5-6;2*1-3-2;/h2*2,4H,3H2,1H3;2*1-2H3;/q4*-1;+4. The van der Waals surface area contributed by atoms with Crippen molar-refractivity contribution in [2.45, 2.75) is 26.7 Å². The number of hydrogen-bond acceptors (Lipinski definition) is 0. The fourth-order valence-electron chi connectivity index (χ4n) is 1.03. The Kier molecular flexibility index (Phi) is 25.2. The first-order valence-electron chi connectivity index (χ1n) is 6.06. The van der Waals surface area contributed by atoms with E-state index in [-0.39, 0.29) is 26.2 Å². The van der Waals surface area contributed by atoms with Crippen molar-refractivity contribution in [2.75, 3.05) is 28.2 Å². The molecule has 0 unspecified atom stereocenters. The van der Waals surface area contributed by atoms with Crippen LogP contribution in [0, 0.1) is 12.2 Å².